The Morgan fingerprint density at radius 2 is 2.04 bits per heavy atom. The van der Waals surface area contributed by atoms with Gasteiger partial charge in [-0.25, -0.2) is 0 Å². The summed E-state index contributed by atoms with van der Waals surface area (Å²) in [6, 6.07) is 5.98. The Morgan fingerprint density at radius 3 is 2.67 bits per heavy atom. The van der Waals surface area contributed by atoms with Gasteiger partial charge in [-0.1, -0.05) is 25.4 Å². The molecule has 1 aromatic rings. The second-order valence-electron chi connectivity index (χ2n) is 7.06. The lowest BCUT2D eigenvalue weighted by Gasteiger charge is -2.22. The van der Waals surface area contributed by atoms with Crippen molar-refractivity contribution >= 4 is 23.4 Å². The van der Waals surface area contributed by atoms with E-state index in [1.54, 1.807) is 24.3 Å². The molecule has 6 nitrogen and oxygen atoms in total. The fourth-order valence-electron chi connectivity index (χ4n) is 2.85. The van der Waals surface area contributed by atoms with Crippen LogP contribution in [0.3, 0.4) is 0 Å². The van der Waals surface area contributed by atoms with Gasteiger partial charge in [-0.15, -0.1) is 0 Å². The van der Waals surface area contributed by atoms with Crippen LogP contribution >= 0.6 is 11.6 Å². The number of benzene rings is 1. The minimum absolute atomic E-state index is 0.0305. The van der Waals surface area contributed by atoms with Gasteiger partial charge in [0.05, 0.1) is 12.7 Å². The van der Waals surface area contributed by atoms with Crippen molar-refractivity contribution < 1.29 is 19.1 Å². The third-order valence-electron chi connectivity index (χ3n) is 4.43. The minimum atomic E-state index is -0.596. The summed E-state index contributed by atoms with van der Waals surface area (Å²) in [6.45, 7) is 6.31. The molecule has 2 amide bonds. The Kier molecular flexibility index (Phi) is 9.04. The van der Waals surface area contributed by atoms with Crippen LogP contribution in [0.15, 0.2) is 24.3 Å². The van der Waals surface area contributed by atoms with E-state index in [4.69, 9.17) is 21.1 Å². The molecule has 0 bridgehead atoms. The molecule has 2 atom stereocenters. The van der Waals surface area contributed by atoms with Crippen molar-refractivity contribution in [2.45, 2.75) is 45.3 Å². The Balaban J connectivity index is 1.70. The van der Waals surface area contributed by atoms with E-state index in [1.807, 2.05) is 13.8 Å². The third kappa shape index (κ3) is 7.48. The molecule has 2 N–H and O–H groups in total. The molecule has 0 aliphatic carbocycles. The summed E-state index contributed by atoms with van der Waals surface area (Å²) in [7, 11) is 0. The van der Waals surface area contributed by atoms with Crippen molar-refractivity contribution in [3.05, 3.63) is 34.9 Å². The largest absolute Gasteiger partial charge is 0.379 e. The summed E-state index contributed by atoms with van der Waals surface area (Å²) in [5.74, 6) is -0.510. The number of rotatable bonds is 10. The first-order valence-corrected chi connectivity index (χ1v) is 9.88. The zero-order chi connectivity index (χ0) is 19.6. The molecule has 2 unspecified atom stereocenters. The highest BCUT2D eigenvalue weighted by atomic mass is 35.5. The molecule has 0 spiro atoms. The number of amides is 2. The van der Waals surface area contributed by atoms with Gasteiger partial charge >= 0.3 is 0 Å². The highest BCUT2D eigenvalue weighted by molar-refractivity contribution is 6.30. The van der Waals surface area contributed by atoms with Gasteiger partial charge in [-0.05, 0) is 49.4 Å². The van der Waals surface area contributed by atoms with Crippen LogP contribution in [0.2, 0.25) is 5.02 Å². The van der Waals surface area contributed by atoms with Gasteiger partial charge in [0.2, 0.25) is 5.91 Å². The van der Waals surface area contributed by atoms with Gasteiger partial charge in [-0.2, -0.15) is 0 Å². The summed E-state index contributed by atoms with van der Waals surface area (Å²) < 4.78 is 11.1. The van der Waals surface area contributed by atoms with E-state index >= 15 is 0 Å². The van der Waals surface area contributed by atoms with E-state index in [0.717, 1.165) is 19.4 Å². The van der Waals surface area contributed by atoms with Crippen LogP contribution in [-0.4, -0.2) is 50.3 Å². The molecule has 0 aromatic heterocycles. The number of ether oxygens (including phenoxy) is 2. The molecule has 7 heteroatoms. The van der Waals surface area contributed by atoms with Crippen molar-refractivity contribution in [3.63, 3.8) is 0 Å². The fourth-order valence-corrected chi connectivity index (χ4v) is 2.97. The molecular weight excluding hydrogens is 368 g/mol. The maximum Gasteiger partial charge on any atom is 0.251 e. The number of carbonyl (C=O) groups is 2. The summed E-state index contributed by atoms with van der Waals surface area (Å²) in [6.07, 6.45) is 3.09. The van der Waals surface area contributed by atoms with Gasteiger partial charge in [0.1, 0.15) is 6.04 Å². The van der Waals surface area contributed by atoms with Crippen molar-refractivity contribution in [1.82, 2.24) is 10.6 Å². The standard InChI is InChI=1S/C20H29ClN2O4/c1-14(2)18(23-19(24)15-6-8-16(21)9-7-15)20(25)22-10-4-11-26-13-17-5-3-12-27-17/h6-9,14,17-18H,3-5,10-13H2,1-2H3,(H,22,25)(H,23,24). The van der Waals surface area contributed by atoms with Crippen molar-refractivity contribution in [2.24, 2.45) is 5.92 Å². The fraction of sp³-hybridized carbons (Fsp3) is 0.600. The lowest BCUT2D eigenvalue weighted by atomic mass is 10.0. The predicted octanol–water partition coefficient (Wildman–Crippen LogP) is 2.80. The summed E-state index contributed by atoms with van der Waals surface area (Å²) in [5, 5.41) is 6.23. The highest BCUT2D eigenvalue weighted by Crippen LogP contribution is 2.12. The molecule has 150 valence electrons. The zero-order valence-electron chi connectivity index (χ0n) is 16.0. The summed E-state index contributed by atoms with van der Waals surface area (Å²) in [5.41, 5.74) is 0.473. The Morgan fingerprint density at radius 1 is 1.30 bits per heavy atom. The van der Waals surface area contributed by atoms with Crippen molar-refractivity contribution in [1.29, 1.82) is 0 Å². The summed E-state index contributed by atoms with van der Waals surface area (Å²) in [4.78, 5) is 24.8. The minimum Gasteiger partial charge on any atom is -0.379 e. The average molecular weight is 397 g/mol. The van der Waals surface area contributed by atoms with E-state index in [0.29, 0.717) is 36.8 Å². The van der Waals surface area contributed by atoms with Crippen molar-refractivity contribution in [2.75, 3.05) is 26.4 Å². The van der Waals surface area contributed by atoms with Crippen LogP contribution in [0.4, 0.5) is 0 Å². The first-order valence-electron chi connectivity index (χ1n) is 9.51. The van der Waals surface area contributed by atoms with Crippen LogP contribution < -0.4 is 10.6 Å². The smallest absolute Gasteiger partial charge is 0.251 e. The molecule has 1 aromatic carbocycles. The number of hydrogen-bond acceptors (Lipinski definition) is 4. The topological polar surface area (TPSA) is 76.7 Å². The Labute approximate surface area is 165 Å². The lowest BCUT2D eigenvalue weighted by molar-refractivity contribution is -0.124. The van der Waals surface area contributed by atoms with E-state index < -0.39 is 6.04 Å². The van der Waals surface area contributed by atoms with Crippen molar-refractivity contribution in [3.8, 4) is 0 Å². The van der Waals surface area contributed by atoms with Crippen LogP contribution in [0.5, 0.6) is 0 Å². The predicted molar refractivity (Wildman–Crippen MR) is 105 cm³/mol. The maximum atomic E-state index is 12.4. The second-order valence-corrected chi connectivity index (χ2v) is 7.49. The molecule has 2 rings (SSSR count). The van der Waals surface area contributed by atoms with Gasteiger partial charge in [0.15, 0.2) is 0 Å². The molecule has 1 heterocycles. The van der Waals surface area contributed by atoms with Gasteiger partial charge in [0.25, 0.3) is 5.91 Å². The molecule has 1 saturated heterocycles. The molecule has 1 aliphatic rings. The summed E-state index contributed by atoms with van der Waals surface area (Å²) >= 11 is 5.84. The van der Waals surface area contributed by atoms with Crippen LogP contribution in [0.25, 0.3) is 0 Å². The van der Waals surface area contributed by atoms with Crippen LogP contribution in [0.1, 0.15) is 43.5 Å². The molecule has 27 heavy (non-hydrogen) atoms. The van der Waals surface area contributed by atoms with E-state index in [9.17, 15) is 9.59 Å². The number of nitrogens with one attached hydrogen (secondary N) is 2. The number of carbonyl (C=O) groups excluding carboxylic acids is 2. The Bertz CT molecular complexity index is 601. The van der Waals surface area contributed by atoms with E-state index in [-0.39, 0.29) is 23.8 Å². The molecule has 1 fully saturated rings. The molecular formula is C20H29ClN2O4. The van der Waals surface area contributed by atoms with Crippen LogP contribution in [-0.2, 0) is 14.3 Å². The first kappa shape index (κ1) is 21.7. The zero-order valence-corrected chi connectivity index (χ0v) is 16.8. The second kappa shape index (κ2) is 11.3. The Hall–Kier alpha value is -1.63. The lowest BCUT2D eigenvalue weighted by Crippen LogP contribution is -2.50. The van der Waals surface area contributed by atoms with Gasteiger partial charge in [0, 0.05) is 30.3 Å². The SMILES string of the molecule is CC(C)C(NC(=O)c1ccc(Cl)cc1)C(=O)NCCCOCC1CCCO1. The molecule has 0 radical (unpaired) electrons. The van der Waals surface area contributed by atoms with Gasteiger partial charge < -0.3 is 20.1 Å². The number of hydrogen-bond donors (Lipinski definition) is 2. The highest BCUT2D eigenvalue weighted by Gasteiger charge is 2.24. The first-order chi connectivity index (χ1) is 13.0. The van der Waals surface area contributed by atoms with Crippen LogP contribution in [0, 0.1) is 5.92 Å². The average Bonchev–Trinajstić information content (AvgIpc) is 3.16. The third-order valence-corrected chi connectivity index (χ3v) is 4.69. The van der Waals surface area contributed by atoms with E-state index in [2.05, 4.69) is 10.6 Å². The van der Waals surface area contributed by atoms with Gasteiger partial charge in [-0.3, -0.25) is 9.59 Å². The number of halogens is 1. The monoisotopic (exact) mass is 396 g/mol. The molecule has 1 aliphatic heterocycles. The maximum absolute atomic E-state index is 12.4. The quantitative estimate of drug-likeness (QED) is 0.596. The molecule has 0 saturated carbocycles. The van der Waals surface area contributed by atoms with E-state index in [1.165, 1.54) is 0 Å². The normalized spacial score (nSPS) is 17.7.